The Kier molecular flexibility index (Phi) is 6.99. The van der Waals surface area contributed by atoms with Gasteiger partial charge in [-0.2, -0.15) is 0 Å². The third-order valence-corrected chi connectivity index (χ3v) is 4.58. The average Bonchev–Trinajstić information content (AvgIpc) is 2.67. The predicted octanol–water partition coefficient (Wildman–Crippen LogP) is 3.96. The molecule has 0 radical (unpaired) electrons. The molecule has 0 bridgehead atoms. The summed E-state index contributed by atoms with van der Waals surface area (Å²) in [5.74, 6) is 0.125. The van der Waals surface area contributed by atoms with Gasteiger partial charge in [0.05, 0.1) is 7.11 Å². The standard InChI is InChI=1S/C22H28N2O3/c1-6-16-9-7-8-15(4)20(16)24-22(26)19(14(2)3)23-21(25)17-10-12-18(27-5)13-11-17/h7-14,19H,6H2,1-5H3,(H,23,25)(H,24,26)/t19-/m1/s1. The summed E-state index contributed by atoms with van der Waals surface area (Å²) in [7, 11) is 1.57. The van der Waals surface area contributed by atoms with E-state index >= 15 is 0 Å². The number of rotatable bonds is 7. The van der Waals surface area contributed by atoms with Crippen LogP contribution in [0.4, 0.5) is 5.69 Å². The van der Waals surface area contributed by atoms with Gasteiger partial charge in [0.2, 0.25) is 5.91 Å². The molecule has 0 spiro atoms. The largest absolute Gasteiger partial charge is 0.497 e. The molecule has 0 fully saturated rings. The molecule has 0 saturated heterocycles. The SMILES string of the molecule is CCc1cccc(C)c1NC(=O)[C@H](NC(=O)c1ccc(OC)cc1)C(C)C. The molecule has 0 aliphatic rings. The van der Waals surface area contributed by atoms with Crippen molar-refractivity contribution in [2.75, 3.05) is 12.4 Å². The van der Waals surface area contributed by atoms with E-state index in [4.69, 9.17) is 4.74 Å². The van der Waals surface area contributed by atoms with Crippen LogP contribution in [0.15, 0.2) is 42.5 Å². The Bertz CT molecular complexity index is 798. The first-order valence-electron chi connectivity index (χ1n) is 9.21. The number of aryl methyl sites for hydroxylation is 2. The highest BCUT2D eigenvalue weighted by Gasteiger charge is 2.25. The number of methoxy groups -OCH3 is 1. The molecule has 2 aromatic carbocycles. The first-order valence-corrected chi connectivity index (χ1v) is 9.21. The van der Waals surface area contributed by atoms with E-state index in [1.54, 1.807) is 31.4 Å². The van der Waals surface area contributed by atoms with Crippen LogP contribution in [0.5, 0.6) is 5.75 Å². The predicted molar refractivity (Wildman–Crippen MR) is 108 cm³/mol. The summed E-state index contributed by atoms with van der Waals surface area (Å²) in [6, 6.07) is 12.1. The van der Waals surface area contributed by atoms with Crippen molar-refractivity contribution in [1.29, 1.82) is 0 Å². The molecule has 2 aromatic rings. The summed E-state index contributed by atoms with van der Waals surface area (Å²) < 4.78 is 5.11. The van der Waals surface area contributed by atoms with Gasteiger partial charge in [-0.15, -0.1) is 0 Å². The number of hydrogen-bond acceptors (Lipinski definition) is 3. The first kappa shape index (κ1) is 20.5. The van der Waals surface area contributed by atoms with Crippen LogP contribution in [0.1, 0.15) is 42.3 Å². The van der Waals surface area contributed by atoms with Crippen molar-refractivity contribution in [3.63, 3.8) is 0 Å². The molecule has 27 heavy (non-hydrogen) atoms. The first-order chi connectivity index (χ1) is 12.9. The maximum atomic E-state index is 12.9. The van der Waals surface area contributed by atoms with Gasteiger partial charge in [0.1, 0.15) is 11.8 Å². The molecule has 1 atom stereocenters. The minimum atomic E-state index is -0.635. The summed E-state index contributed by atoms with van der Waals surface area (Å²) in [6.45, 7) is 7.85. The normalized spacial score (nSPS) is 11.8. The van der Waals surface area contributed by atoms with Crippen molar-refractivity contribution >= 4 is 17.5 Å². The van der Waals surface area contributed by atoms with Crippen molar-refractivity contribution in [3.8, 4) is 5.75 Å². The van der Waals surface area contributed by atoms with Crippen LogP contribution in [0, 0.1) is 12.8 Å². The number of para-hydroxylation sites is 1. The van der Waals surface area contributed by atoms with E-state index in [0.717, 1.165) is 23.2 Å². The van der Waals surface area contributed by atoms with Gasteiger partial charge < -0.3 is 15.4 Å². The van der Waals surface area contributed by atoms with Crippen molar-refractivity contribution < 1.29 is 14.3 Å². The quantitative estimate of drug-likeness (QED) is 0.777. The van der Waals surface area contributed by atoms with Gasteiger partial charge in [-0.3, -0.25) is 9.59 Å². The van der Waals surface area contributed by atoms with Gasteiger partial charge in [0.25, 0.3) is 5.91 Å². The molecule has 5 nitrogen and oxygen atoms in total. The number of anilines is 1. The lowest BCUT2D eigenvalue weighted by molar-refractivity contribution is -0.118. The zero-order valence-electron chi connectivity index (χ0n) is 16.6. The van der Waals surface area contributed by atoms with Crippen LogP contribution in [-0.2, 0) is 11.2 Å². The summed E-state index contributed by atoms with van der Waals surface area (Å²) in [5, 5.41) is 5.87. The van der Waals surface area contributed by atoms with Gasteiger partial charge in [-0.25, -0.2) is 0 Å². The van der Waals surface area contributed by atoms with Crippen molar-refractivity contribution in [3.05, 3.63) is 59.2 Å². The molecule has 0 aliphatic carbocycles. The molecule has 2 amide bonds. The van der Waals surface area contributed by atoms with Crippen LogP contribution in [0.3, 0.4) is 0 Å². The average molecular weight is 368 g/mol. The van der Waals surface area contributed by atoms with E-state index in [1.165, 1.54) is 0 Å². The fraction of sp³-hybridized carbons (Fsp3) is 0.364. The Balaban J connectivity index is 2.16. The van der Waals surface area contributed by atoms with Crippen LogP contribution < -0.4 is 15.4 Å². The fourth-order valence-corrected chi connectivity index (χ4v) is 2.90. The van der Waals surface area contributed by atoms with E-state index in [-0.39, 0.29) is 17.7 Å². The maximum absolute atomic E-state index is 12.9. The Morgan fingerprint density at radius 1 is 1.07 bits per heavy atom. The lowest BCUT2D eigenvalue weighted by atomic mass is 10.0. The van der Waals surface area contributed by atoms with E-state index in [0.29, 0.717) is 11.3 Å². The second-order valence-electron chi connectivity index (χ2n) is 6.88. The number of benzene rings is 2. The summed E-state index contributed by atoms with van der Waals surface area (Å²) in [5.41, 5.74) is 3.40. The zero-order valence-corrected chi connectivity index (χ0v) is 16.6. The topological polar surface area (TPSA) is 67.4 Å². The minimum Gasteiger partial charge on any atom is -0.497 e. The van der Waals surface area contributed by atoms with E-state index in [9.17, 15) is 9.59 Å². The second-order valence-corrected chi connectivity index (χ2v) is 6.88. The Morgan fingerprint density at radius 3 is 2.30 bits per heavy atom. The van der Waals surface area contributed by atoms with Crippen LogP contribution in [0.25, 0.3) is 0 Å². The highest BCUT2D eigenvalue weighted by molar-refractivity contribution is 6.01. The smallest absolute Gasteiger partial charge is 0.251 e. The van der Waals surface area contributed by atoms with Crippen LogP contribution >= 0.6 is 0 Å². The summed E-state index contributed by atoms with van der Waals surface area (Å²) >= 11 is 0. The molecule has 0 aliphatic heterocycles. The molecule has 2 N–H and O–H groups in total. The van der Waals surface area contributed by atoms with Crippen LogP contribution in [-0.4, -0.2) is 25.0 Å². The third kappa shape index (κ3) is 5.09. The van der Waals surface area contributed by atoms with Crippen molar-refractivity contribution in [2.45, 2.75) is 40.2 Å². The monoisotopic (exact) mass is 368 g/mol. The lowest BCUT2D eigenvalue weighted by Gasteiger charge is -2.23. The Labute approximate surface area is 161 Å². The number of carbonyl (C=O) groups is 2. The zero-order chi connectivity index (χ0) is 20.0. The molecular weight excluding hydrogens is 340 g/mol. The van der Waals surface area contributed by atoms with E-state index < -0.39 is 6.04 Å². The highest BCUT2D eigenvalue weighted by atomic mass is 16.5. The number of nitrogens with one attached hydrogen (secondary N) is 2. The van der Waals surface area contributed by atoms with Gasteiger partial charge in [-0.05, 0) is 54.7 Å². The second kappa shape index (κ2) is 9.21. The molecule has 144 valence electrons. The molecule has 5 heteroatoms. The van der Waals surface area contributed by atoms with E-state index in [1.807, 2.05) is 39.0 Å². The van der Waals surface area contributed by atoms with Gasteiger partial charge in [0, 0.05) is 11.3 Å². The molecule has 0 aromatic heterocycles. The summed E-state index contributed by atoms with van der Waals surface area (Å²) in [4.78, 5) is 25.5. The molecule has 2 rings (SSSR count). The lowest BCUT2D eigenvalue weighted by Crippen LogP contribution is -2.47. The maximum Gasteiger partial charge on any atom is 0.251 e. The molecule has 0 heterocycles. The molecule has 0 saturated carbocycles. The Hall–Kier alpha value is -2.82. The van der Waals surface area contributed by atoms with Gasteiger partial charge >= 0.3 is 0 Å². The van der Waals surface area contributed by atoms with Gasteiger partial charge in [-0.1, -0.05) is 39.0 Å². The van der Waals surface area contributed by atoms with Crippen molar-refractivity contribution in [2.24, 2.45) is 5.92 Å². The van der Waals surface area contributed by atoms with Crippen LogP contribution in [0.2, 0.25) is 0 Å². The molecule has 0 unspecified atom stereocenters. The summed E-state index contributed by atoms with van der Waals surface area (Å²) in [6.07, 6.45) is 0.821. The number of carbonyl (C=O) groups excluding carboxylic acids is 2. The third-order valence-electron chi connectivity index (χ3n) is 4.58. The number of hydrogen-bond donors (Lipinski definition) is 2. The van der Waals surface area contributed by atoms with E-state index in [2.05, 4.69) is 17.6 Å². The number of amides is 2. The molecular formula is C22H28N2O3. The number of ether oxygens (including phenoxy) is 1. The fourth-order valence-electron chi connectivity index (χ4n) is 2.90. The Morgan fingerprint density at radius 2 is 1.74 bits per heavy atom. The van der Waals surface area contributed by atoms with Gasteiger partial charge in [0.15, 0.2) is 0 Å². The van der Waals surface area contributed by atoms with Crippen molar-refractivity contribution in [1.82, 2.24) is 5.32 Å². The minimum absolute atomic E-state index is 0.0544. The highest BCUT2D eigenvalue weighted by Crippen LogP contribution is 2.22.